The number of rotatable bonds is 6. The Bertz CT molecular complexity index is 259. The number of hydrogen-bond acceptors (Lipinski definition) is 3. The van der Waals surface area contributed by atoms with Gasteiger partial charge in [-0.25, -0.2) is 0 Å². The van der Waals surface area contributed by atoms with Crippen LogP contribution < -0.4 is 5.73 Å². The molecule has 0 aromatic carbocycles. The van der Waals surface area contributed by atoms with Crippen LogP contribution in [0.3, 0.4) is 0 Å². The number of nitrogens with two attached hydrogens (primary N) is 1. The molecule has 2 N–H and O–H groups in total. The largest absolute Gasteiger partial charge is 0.501 e. The van der Waals surface area contributed by atoms with Crippen LogP contribution in [0, 0.1) is 11.8 Å². The van der Waals surface area contributed by atoms with Gasteiger partial charge in [0.15, 0.2) is 5.78 Å². The second kappa shape index (κ2) is 6.69. The molecule has 0 saturated carbocycles. The van der Waals surface area contributed by atoms with Crippen molar-refractivity contribution in [3.63, 3.8) is 0 Å². The van der Waals surface area contributed by atoms with Gasteiger partial charge in [0.25, 0.3) is 0 Å². The summed E-state index contributed by atoms with van der Waals surface area (Å²) in [6.07, 6.45) is 5.04. The fourth-order valence-electron chi connectivity index (χ4n) is 2.09. The second-order valence-corrected chi connectivity index (χ2v) is 4.98. The Labute approximate surface area is 98.0 Å². The van der Waals surface area contributed by atoms with E-state index in [0.29, 0.717) is 24.8 Å². The van der Waals surface area contributed by atoms with Gasteiger partial charge in [0.2, 0.25) is 0 Å². The van der Waals surface area contributed by atoms with Crippen LogP contribution in [0.15, 0.2) is 11.8 Å². The van der Waals surface area contributed by atoms with E-state index < -0.39 is 0 Å². The van der Waals surface area contributed by atoms with Crippen molar-refractivity contribution in [3.8, 4) is 0 Å². The molecule has 3 nitrogen and oxygen atoms in total. The highest BCUT2D eigenvalue weighted by atomic mass is 16.5. The summed E-state index contributed by atoms with van der Waals surface area (Å²) < 4.78 is 5.19. The van der Waals surface area contributed by atoms with Crippen molar-refractivity contribution >= 4 is 5.78 Å². The standard InChI is InChI=1S/C13H23NO2/c1-10(2)6-11(8-14)7-13(15)12-4-3-5-16-9-12/h9-11H,3-8,14H2,1-2H3. The Kier molecular flexibility index (Phi) is 5.53. The van der Waals surface area contributed by atoms with Gasteiger partial charge in [-0.3, -0.25) is 4.79 Å². The van der Waals surface area contributed by atoms with Gasteiger partial charge in [-0.15, -0.1) is 0 Å². The third kappa shape index (κ3) is 4.35. The summed E-state index contributed by atoms with van der Waals surface area (Å²) >= 11 is 0. The van der Waals surface area contributed by atoms with Crippen LogP contribution in [-0.4, -0.2) is 18.9 Å². The highest BCUT2D eigenvalue weighted by molar-refractivity contribution is 5.95. The molecule has 3 heteroatoms. The van der Waals surface area contributed by atoms with Crippen molar-refractivity contribution in [1.29, 1.82) is 0 Å². The fourth-order valence-corrected chi connectivity index (χ4v) is 2.09. The number of ketones is 1. The van der Waals surface area contributed by atoms with Gasteiger partial charge in [0.1, 0.15) is 0 Å². The molecule has 0 saturated heterocycles. The minimum absolute atomic E-state index is 0.218. The molecule has 1 heterocycles. The van der Waals surface area contributed by atoms with Gasteiger partial charge in [0, 0.05) is 12.0 Å². The SMILES string of the molecule is CC(C)CC(CN)CC(=O)C1=COCCC1. The van der Waals surface area contributed by atoms with E-state index in [2.05, 4.69) is 13.8 Å². The first-order valence-corrected chi connectivity index (χ1v) is 6.17. The maximum atomic E-state index is 11.9. The number of hydrogen-bond donors (Lipinski definition) is 1. The Morgan fingerprint density at radius 1 is 1.56 bits per heavy atom. The minimum Gasteiger partial charge on any atom is -0.501 e. The van der Waals surface area contributed by atoms with Crippen molar-refractivity contribution in [1.82, 2.24) is 0 Å². The lowest BCUT2D eigenvalue weighted by molar-refractivity contribution is -0.117. The first-order valence-electron chi connectivity index (χ1n) is 6.17. The molecule has 0 bridgehead atoms. The van der Waals surface area contributed by atoms with Crippen LogP contribution in [0.25, 0.3) is 0 Å². The molecule has 0 amide bonds. The molecule has 1 aliphatic rings. The lowest BCUT2D eigenvalue weighted by atomic mass is 9.90. The molecule has 1 aliphatic heterocycles. The molecule has 92 valence electrons. The normalized spacial score (nSPS) is 17.9. The fraction of sp³-hybridized carbons (Fsp3) is 0.769. The van der Waals surface area contributed by atoms with E-state index in [1.54, 1.807) is 6.26 Å². The molecule has 0 spiro atoms. The van der Waals surface area contributed by atoms with E-state index in [0.717, 1.165) is 31.4 Å². The lowest BCUT2D eigenvalue weighted by Crippen LogP contribution is -2.21. The Balaban J connectivity index is 2.44. The molecular formula is C13H23NO2. The van der Waals surface area contributed by atoms with Crippen LogP contribution >= 0.6 is 0 Å². The first-order chi connectivity index (χ1) is 7.63. The van der Waals surface area contributed by atoms with Crippen molar-refractivity contribution in [3.05, 3.63) is 11.8 Å². The van der Waals surface area contributed by atoms with Crippen LogP contribution in [-0.2, 0) is 9.53 Å². The Morgan fingerprint density at radius 2 is 2.31 bits per heavy atom. The van der Waals surface area contributed by atoms with Crippen molar-refractivity contribution < 1.29 is 9.53 Å². The van der Waals surface area contributed by atoms with E-state index in [-0.39, 0.29) is 5.78 Å². The number of carbonyl (C=O) groups is 1. The van der Waals surface area contributed by atoms with Gasteiger partial charge in [-0.05, 0) is 37.6 Å². The highest BCUT2D eigenvalue weighted by Gasteiger charge is 2.18. The van der Waals surface area contributed by atoms with Crippen LogP contribution in [0.1, 0.15) is 39.5 Å². The van der Waals surface area contributed by atoms with Crippen LogP contribution in [0.5, 0.6) is 0 Å². The van der Waals surface area contributed by atoms with E-state index in [1.165, 1.54) is 0 Å². The average molecular weight is 225 g/mol. The predicted molar refractivity (Wildman–Crippen MR) is 64.9 cm³/mol. The summed E-state index contributed by atoms with van der Waals surface area (Å²) in [5.41, 5.74) is 6.54. The maximum Gasteiger partial charge on any atom is 0.162 e. The van der Waals surface area contributed by atoms with Crippen molar-refractivity contribution in [2.75, 3.05) is 13.2 Å². The Hall–Kier alpha value is -0.830. The van der Waals surface area contributed by atoms with Crippen molar-refractivity contribution in [2.24, 2.45) is 17.6 Å². The quantitative estimate of drug-likeness (QED) is 0.754. The minimum atomic E-state index is 0.218. The maximum absolute atomic E-state index is 11.9. The topological polar surface area (TPSA) is 52.3 Å². The molecule has 0 aromatic rings. The van der Waals surface area contributed by atoms with E-state index in [4.69, 9.17) is 10.5 Å². The second-order valence-electron chi connectivity index (χ2n) is 4.98. The van der Waals surface area contributed by atoms with Gasteiger partial charge in [-0.1, -0.05) is 13.8 Å². The predicted octanol–water partition coefficient (Wildman–Crippen LogP) is 2.26. The number of Topliss-reactive ketones (excluding diaryl/α,β-unsaturated/α-hetero) is 1. The average Bonchev–Trinajstić information content (AvgIpc) is 2.28. The third-order valence-corrected chi connectivity index (χ3v) is 2.90. The summed E-state index contributed by atoms with van der Waals surface area (Å²) in [7, 11) is 0. The summed E-state index contributed by atoms with van der Waals surface area (Å²) in [5, 5.41) is 0. The van der Waals surface area contributed by atoms with E-state index in [9.17, 15) is 4.79 Å². The molecule has 0 radical (unpaired) electrons. The van der Waals surface area contributed by atoms with Gasteiger partial charge >= 0.3 is 0 Å². The van der Waals surface area contributed by atoms with E-state index >= 15 is 0 Å². The highest BCUT2D eigenvalue weighted by Crippen LogP contribution is 2.20. The monoisotopic (exact) mass is 225 g/mol. The van der Waals surface area contributed by atoms with Crippen LogP contribution in [0.2, 0.25) is 0 Å². The lowest BCUT2D eigenvalue weighted by Gasteiger charge is -2.18. The Morgan fingerprint density at radius 3 is 2.81 bits per heavy atom. The molecule has 0 aliphatic carbocycles. The first kappa shape index (κ1) is 13.2. The molecule has 16 heavy (non-hydrogen) atoms. The molecule has 0 fully saturated rings. The van der Waals surface area contributed by atoms with Gasteiger partial charge in [0.05, 0.1) is 12.9 Å². The van der Waals surface area contributed by atoms with Gasteiger partial charge in [-0.2, -0.15) is 0 Å². The van der Waals surface area contributed by atoms with Crippen molar-refractivity contribution in [2.45, 2.75) is 39.5 Å². The molecule has 1 atom stereocenters. The zero-order valence-corrected chi connectivity index (χ0v) is 10.4. The number of ether oxygens (including phenoxy) is 1. The summed E-state index contributed by atoms with van der Waals surface area (Å²) in [6.45, 7) is 5.66. The van der Waals surface area contributed by atoms with Crippen LogP contribution in [0.4, 0.5) is 0 Å². The summed E-state index contributed by atoms with van der Waals surface area (Å²) in [4.78, 5) is 11.9. The molecule has 0 aromatic heterocycles. The molecule has 1 rings (SSSR count). The van der Waals surface area contributed by atoms with Gasteiger partial charge < -0.3 is 10.5 Å². The summed E-state index contributed by atoms with van der Waals surface area (Å²) in [5.74, 6) is 1.13. The zero-order chi connectivity index (χ0) is 12.0. The number of allylic oxidation sites excluding steroid dienone is 1. The molecule has 1 unspecified atom stereocenters. The third-order valence-electron chi connectivity index (χ3n) is 2.90. The molecular weight excluding hydrogens is 202 g/mol. The van der Waals surface area contributed by atoms with E-state index in [1.807, 2.05) is 0 Å². The number of carbonyl (C=O) groups excluding carboxylic acids is 1. The summed E-state index contributed by atoms with van der Waals surface area (Å²) in [6, 6.07) is 0. The smallest absolute Gasteiger partial charge is 0.162 e. The zero-order valence-electron chi connectivity index (χ0n) is 10.4.